The van der Waals surface area contributed by atoms with Gasteiger partial charge in [0.05, 0.1) is 0 Å². The third-order valence-corrected chi connectivity index (χ3v) is 14.8. The van der Waals surface area contributed by atoms with Crippen LogP contribution in [0.5, 0.6) is 0 Å². The second-order valence-electron chi connectivity index (χ2n) is 17.5. The number of benzene rings is 8. The summed E-state index contributed by atoms with van der Waals surface area (Å²) in [7, 11) is 0. The van der Waals surface area contributed by atoms with E-state index in [4.69, 9.17) is 0 Å². The van der Waals surface area contributed by atoms with Crippen LogP contribution in [0, 0.1) is 6.92 Å². The molecule has 0 atom stereocenters. The van der Waals surface area contributed by atoms with E-state index in [0.717, 1.165) is 6.42 Å². The summed E-state index contributed by atoms with van der Waals surface area (Å²) in [4.78, 5) is 1.35. The average molecular weight is 763 g/mol. The monoisotopic (exact) mass is 762 g/mol. The summed E-state index contributed by atoms with van der Waals surface area (Å²) >= 11 is 1.90. The molecule has 0 bridgehead atoms. The molecule has 0 aliphatic heterocycles. The summed E-state index contributed by atoms with van der Waals surface area (Å²) in [5.74, 6) is 0. The van der Waals surface area contributed by atoms with Crippen LogP contribution >= 0.6 is 11.3 Å². The highest BCUT2D eigenvalue weighted by Crippen LogP contribution is 2.53. The third-order valence-electron chi connectivity index (χ3n) is 13.6. The predicted octanol–water partition coefficient (Wildman–Crippen LogP) is 16.6. The first-order valence-corrected chi connectivity index (χ1v) is 21.6. The van der Waals surface area contributed by atoms with E-state index in [-0.39, 0.29) is 10.8 Å². The molecule has 2 aliphatic rings. The Morgan fingerprint density at radius 2 is 0.914 bits per heavy atom. The van der Waals surface area contributed by atoms with Crippen molar-refractivity contribution in [2.45, 2.75) is 58.8 Å². The minimum Gasteiger partial charge on any atom is -0.136 e. The maximum Gasteiger partial charge on any atom is 0.0352 e. The van der Waals surface area contributed by atoms with Gasteiger partial charge in [0.1, 0.15) is 0 Å². The molecule has 0 fully saturated rings. The quantitative estimate of drug-likeness (QED) is 0.153. The first-order chi connectivity index (χ1) is 28.1. The molecule has 1 aromatic heterocycles. The summed E-state index contributed by atoms with van der Waals surface area (Å²) in [6, 6.07) is 55.9. The molecule has 0 spiro atoms. The minimum absolute atomic E-state index is 0.0628. The van der Waals surface area contributed by atoms with Crippen LogP contribution < -0.4 is 0 Å². The SMILES string of the molecule is CC/C=C\c1sc2ccc(-c3c4ccccc4c(-c4ccc5c(c4)C(C)(C)c4ccccc4-5)c4cc(-c5ccc6c(c5)C(C)(C)c5ccccc5-6)ccc34)cc2c1C. The Labute approximate surface area is 346 Å². The summed E-state index contributed by atoms with van der Waals surface area (Å²) in [6.45, 7) is 14.0. The normalized spacial score (nSPS) is 14.7. The van der Waals surface area contributed by atoms with Crippen molar-refractivity contribution in [3.63, 3.8) is 0 Å². The molecule has 2 aliphatic carbocycles. The molecule has 0 unspecified atom stereocenters. The Hall–Kier alpha value is -6.02. The fourth-order valence-corrected chi connectivity index (χ4v) is 11.6. The summed E-state index contributed by atoms with van der Waals surface area (Å²) in [5.41, 5.74) is 19.9. The molecule has 11 rings (SSSR count). The largest absolute Gasteiger partial charge is 0.136 e. The van der Waals surface area contributed by atoms with E-state index in [1.165, 1.54) is 120 Å². The second kappa shape index (κ2) is 12.7. The van der Waals surface area contributed by atoms with Crippen molar-refractivity contribution in [3.8, 4) is 55.6 Å². The van der Waals surface area contributed by atoms with Gasteiger partial charge in [0.25, 0.3) is 0 Å². The first-order valence-electron chi connectivity index (χ1n) is 20.8. The highest BCUT2D eigenvalue weighted by molar-refractivity contribution is 7.20. The molecule has 0 nitrogen and oxygen atoms in total. The number of allylic oxidation sites excluding steroid dienone is 1. The minimum atomic E-state index is -0.0909. The van der Waals surface area contributed by atoms with E-state index >= 15 is 0 Å². The molecule has 0 saturated carbocycles. The van der Waals surface area contributed by atoms with Crippen LogP contribution in [0.4, 0.5) is 0 Å². The van der Waals surface area contributed by atoms with E-state index in [2.05, 4.69) is 199 Å². The molecule has 58 heavy (non-hydrogen) atoms. The molecule has 0 N–H and O–H groups in total. The van der Waals surface area contributed by atoms with Crippen molar-refractivity contribution in [2.75, 3.05) is 0 Å². The predicted molar refractivity (Wildman–Crippen MR) is 252 cm³/mol. The lowest BCUT2D eigenvalue weighted by molar-refractivity contribution is 0.660. The Morgan fingerprint density at radius 1 is 0.448 bits per heavy atom. The molecule has 8 aromatic carbocycles. The van der Waals surface area contributed by atoms with Crippen LogP contribution in [0.25, 0.3) is 93.3 Å². The van der Waals surface area contributed by atoms with Gasteiger partial charge in [-0.2, -0.15) is 0 Å². The number of aryl methyl sites for hydroxylation is 1. The number of hydrogen-bond donors (Lipinski definition) is 0. The number of rotatable bonds is 5. The van der Waals surface area contributed by atoms with Crippen molar-refractivity contribution in [2.24, 2.45) is 0 Å². The van der Waals surface area contributed by atoms with Crippen LogP contribution in [0.2, 0.25) is 0 Å². The molecule has 0 amide bonds. The summed E-state index contributed by atoms with van der Waals surface area (Å²) in [5, 5.41) is 6.49. The molecule has 0 radical (unpaired) electrons. The summed E-state index contributed by atoms with van der Waals surface area (Å²) in [6.07, 6.45) is 5.61. The molecule has 280 valence electrons. The van der Waals surface area contributed by atoms with Crippen LogP contribution in [0.1, 0.15) is 73.7 Å². The van der Waals surface area contributed by atoms with E-state index in [0.29, 0.717) is 0 Å². The topological polar surface area (TPSA) is 0 Å². The van der Waals surface area contributed by atoms with Gasteiger partial charge in [-0.1, -0.05) is 156 Å². The first kappa shape index (κ1) is 35.2. The Morgan fingerprint density at radius 3 is 1.57 bits per heavy atom. The highest BCUT2D eigenvalue weighted by atomic mass is 32.1. The van der Waals surface area contributed by atoms with Crippen LogP contribution in [0.3, 0.4) is 0 Å². The van der Waals surface area contributed by atoms with Gasteiger partial charge in [0, 0.05) is 20.4 Å². The Kier molecular flexibility index (Phi) is 7.72. The van der Waals surface area contributed by atoms with E-state index in [9.17, 15) is 0 Å². The lowest BCUT2D eigenvalue weighted by atomic mass is 9.80. The molecule has 1 heteroatoms. The second-order valence-corrected chi connectivity index (χ2v) is 18.6. The van der Waals surface area contributed by atoms with Crippen LogP contribution in [0.15, 0.2) is 152 Å². The van der Waals surface area contributed by atoms with Gasteiger partial charge < -0.3 is 0 Å². The van der Waals surface area contributed by atoms with Gasteiger partial charge in [0.15, 0.2) is 0 Å². The van der Waals surface area contributed by atoms with Gasteiger partial charge in [-0.3, -0.25) is 0 Å². The smallest absolute Gasteiger partial charge is 0.0352 e. The van der Waals surface area contributed by atoms with Crippen LogP contribution in [-0.2, 0) is 10.8 Å². The Bertz CT molecular complexity index is 3220. The molecule has 0 saturated heterocycles. The zero-order valence-electron chi connectivity index (χ0n) is 34.1. The molecule has 1 heterocycles. The molecule has 9 aromatic rings. The van der Waals surface area contributed by atoms with Crippen molar-refractivity contribution in [1.29, 1.82) is 0 Å². The van der Waals surface area contributed by atoms with Gasteiger partial charge in [-0.05, 0) is 160 Å². The fraction of sp³-hybridized carbons (Fsp3) is 0.158. The van der Waals surface area contributed by atoms with Crippen molar-refractivity contribution in [1.82, 2.24) is 0 Å². The average Bonchev–Trinajstić information content (AvgIpc) is 3.78. The van der Waals surface area contributed by atoms with Crippen LogP contribution in [-0.4, -0.2) is 0 Å². The Balaban J connectivity index is 1.18. The lowest BCUT2D eigenvalue weighted by Gasteiger charge is -2.23. The van der Waals surface area contributed by atoms with Gasteiger partial charge >= 0.3 is 0 Å². The maximum absolute atomic E-state index is 2.50. The molecular weight excluding hydrogens is 717 g/mol. The lowest BCUT2D eigenvalue weighted by Crippen LogP contribution is -2.14. The zero-order chi connectivity index (χ0) is 39.5. The van der Waals surface area contributed by atoms with Crippen molar-refractivity contribution >= 4 is 49.0 Å². The highest BCUT2D eigenvalue weighted by Gasteiger charge is 2.37. The third kappa shape index (κ3) is 4.99. The van der Waals surface area contributed by atoms with Crippen molar-refractivity contribution in [3.05, 3.63) is 184 Å². The maximum atomic E-state index is 2.50. The number of thiophene rings is 1. The van der Waals surface area contributed by atoms with Gasteiger partial charge in [-0.25, -0.2) is 0 Å². The zero-order valence-corrected chi connectivity index (χ0v) is 34.9. The van der Waals surface area contributed by atoms with E-state index in [1.54, 1.807) is 0 Å². The van der Waals surface area contributed by atoms with E-state index < -0.39 is 0 Å². The number of fused-ring (bicyclic) bond motifs is 9. The summed E-state index contributed by atoms with van der Waals surface area (Å²) < 4.78 is 1.34. The van der Waals surface area contributed by atoms with Gasteiger partial charge in [0.2, 0.25) is 0 Å². The van der Waals surface area contributed by atoms with E-state index in [1.807, 2.05) is 11.3 Å². The van der Waals surface area contributed by atoms with Gasteiger partial charge in [-0.15, -0.1) is 11.3 Å². The fourth-order valence-electron chi connectivity index (χ4n) is 10.5. The number of hydrogen-bond acceptors (Lipinski definition) is 1. The van der Waals surface area contributed by atoms with Crippen molar-refractivity contribution < 1.29 is 0 Å². The molecular formula is C57H46S. The standard InChI is InChI=1S/C57H46S/c1-7-8-21-52-34(2)46-31-37(25-29-53(46)58-52)54-43-17-9-10-18-44(43)55(38-24-27-42-40-16-12-14-20-49(40)57(5,6)51(42)33-38)47-30-35(23-28-45(47)54)36-22-26-41-39-15-11-13-19-48(39)56(3,4)50(41)32-36/h8-33H,7H2,1-6H3/b21-8-.